The number of benzene rings is 1. The van der Waals surface area contributed by atoms with Crippen molar-refractivity contribution in [3.63, 3.8) is 0 Å². The highest BCUT2D eigenvalue weighted by Gasteiger charge is 2.13. The summed E-state index contributed by atoms with van der Waals surface area (Å²) in [6, 6.07) is 5.28. The first-order valence-corrected chi connectivity index (χ1v) is 22.3. The fourth-order valence-corrected chi connectivity index (χ4v) is 7.85. The van der Waals surface area contributed by atoms with Gasteiger partial charge in [0.25, 0.3) is 0 Å². The molecule has 0 spiro atoms. The molecule has 1 rings (SSSR count). The maximum absolute atomic E-state index is 3.88. The molecule has 1 atom stereocenters. The number of unbranched alkanes of at least 4 members (excludes halogenated alkanes) is 27. The lowest BCUT2D eigenvalue weighted by molar-refractivity contribution is 0.551. The van der Waals surface area contributed by atoms with E-state index in [1.807, 2.05) is 0 Å². The molecule has 0 N–H and O–H groups in total. The molecule has 0 fully saturated rings. The molecule has 0 aliphatic heterocycles. The van der Waals surface area contributed by atoms with Gasteiger partial charge in [0.1, 0.15) is 0 Å². The second-order valence-electron chi connectivity index (χ2n) is 15.2. The van der Waals surface area contributed by atoms with Crippen LogP contribution in [0, 0.1) is 0 Å². The molecule has 0 aliphatic carbocycles. The van der Waals surface area contributed by atoms with Gasteiger partial charge in [0, 0.05) is 4.83 Å². The van der Waals surface area contributed by atoms with Crippen LogP contribution in [-0.2, 0) is 25.7 Å². The topological polar surface area (TPSA) is 0 Å². The molecule has 46 heavy (non-hydrogen) atoms. The first-order chi connectivity index (χ1) is 22.6. The van der Waals surface area contributed by atoms with E-state index in [1.54, 1.807) is 22.3 Å². The van der Waals surface area contributed by atoms with Crippen molar-refractivity contribution in [3.05, 3.63) is 34.4 Å². The second kappa shape index (κ2) is 33.2. The standard InChI is InChI=1S/C45H83Br/c1-5-8-11-14-17-20-23-26-29-32-35-43-39-42(38-41(4)46)40-44(36-33-30-27-24-21-18-15-12-9-6-2)45(43)37-34-31-28-25-22-19-16-13-10-7-3/h39-41H,5-38H2,1-4H3. The summed E-state index contributed by atoms with van der Waals surface area (Å²) in [6.45, 7) is 9.28. The zero-order chi connectivity index (χ0) is 33.3. The van der Waals surface area contributed by atoms with Gasteiger partial charge in [0.05, 0.1) is 0 Å². The van der Waals surface area contributed by atoms with Gasteiger partial charge in [0.15, 0.2) is 0 Å². The van der Waals surface area contributed by atoms with E-state index in [9.17, 15) is 0 Å². The van der Waals surface area contributed by atoms with Crippen molar-refractivity contribution < 1.29 is 0 Å². The fourth-order valence-electron chi connectivity index (χ4n) is 7.47. The summed E-state index contributed by atoms with van der Waals surface area (Å²) < 4.78 is 0. The van der Waals surface area contributed by atoms with Gasteiger partial charge >= 0.3 is 0 Å². The minimum absolute atomic E-state index is 0.552. The van der Waals surface area contributed by atoms with Gasteiger partial charge in [0.2, 0.25) is 0 Å². The van der Waals surface area contributed by atoms with E-state index in [2.05, 4.69) is 55.8 Å². The van der Waals surface area contributed by atoms with Gasteiger partial charge in [-0.15, -0.1) is 0 Å². The minimum atomic E-state index is 0.552. The molecule has 1 aromatic carbocycles. The van der Waals surface area contributed by atoms with Crippen molar-refractivity contribution in [3.8, 4) is 0 Å². The van der Waals surface area contributed by atoms with Crippen LogP contribution in [-0.4, -0.2) is 4.83 Å². The Hall–Kier alpha value is -0.300. The minimum Gasteiger partial charge on any atom is -0.0890 e. The van der Waals surface area contributed by atoms with Gasteiger partial charge < -0.3 is 0 Å². The lowest BCUT2D eigenvalue weighted by Crippen LogP contribution is -2.06. The Labute approximate surface area is 300 Å². The molecule has 1 aromatic rings. The average Bonchev–Trinajstić information content (AvgIpc) is 3.04. The largest absolute Gasteiger partial charge is 0.0890 e. The Kier molecular flexibility index (Phi) is 31.6. The number of rotatable bonds is 35. The van der Waals surface area contributed by atoms with Crippen LogP contribution < -0.4 is 0 Å². The summed E-state index contributed by atoms with van der Waals surface area (Å²) in [5.41, 5.74) is 6.81. The highest BCUT2D eigenvalue weighted by Crippen LogP contribution is 2.27. The van der Waals surface area contributed by atoms with E-state index < -0.39 is 0 Å². The highest BCUT2D eigenvalue weighted by atomic mass is 79.9. The number of aryl methyl sites for hydroxylation is 2. The molecule has 0 heterocycles. The van der Waals surface area contributed by atoms with E-state index >= 15 is 0 Å². The number of hydrogen-bond acceptors (Lipinski definition) is 0. The summed E-state index contributed by atoms with van der Waals surface area (Å²) >= 11 is 3.88. The second-order valence-corrected chi connectivity index (χ2v) is 16.7. The van der Waals surface area contributed by atoms with Crippen LogP contribution in [0.2, 0.25) is 0 Å². The van der Waals surface area contributed by atoms with E-state index in [1.165, 1.54) is 212 Å². The molecule has 0 radical (unpaired) electrons. The Bertz CT molecular complexity index is 719. The van der Waals surface area contributed by atoms with E-state index in [4.69, 9.17) is 0 Å². The quantitative estimate of drug-likeness (QED) is 0.0488. The monoisotopic (exact) mass is 703 g/mol. The summed E-state index contributed by atoms with van der Waals surface area (Å²) in [6.07, 6.45) is 47.9. The van der Waals surface area contributed by atoms with E-state index in [0.29, 0.717) is 4.83 Å². The summed E-state index contributed by atoms with van der Waals surface area (Å²) in [4.78, 5) is 0.552. The van der Waals surface area contributed by atoms with E-state index in [-0.39, 0.29) is 0 Å². The molecule has 0 bridgehead atoms. The van der Waals surface area contributed by atoms with Gasteiger partial charge in [-0.3, -0.25) is 0 Å². The molecular weight excluding hydrogens is 620 g/mol. The van der Waals surface area contributed by atoms with Crippen molar-refractivity contribution in [2.45, 2.75) is 251 Å². The molecule has 0 aromatic heterocycles. The maximum Gasteiger partial charge on any atom is 0.0157 e. The highest BCUT2D eigenvalue weighted by molar-refractivity contribution is 9.09. The zero-order valence-electron chi connectivity index (χ0n) is 32.2. The normalized spacial score (nSPS) is 12.3. The summed E-state index contributed by atoms with van der Waals surface area (Å²) in [7, 11) is 0. The van der Waals surface area contributed by atoms with Crippen molar-refractivity contribution in [1.82, 2.24) is 0 Å². The molecule has 0 saturated heterocycles. The Morgan fingerprint density at radius 2 is 0.652 bits per heavy atom. The molecular formula is C45H83Br. The lowest BCUT2D eigenvalue weighted by atomic mass is 9.87. The Morgan fingerprint density at radius 3 is 0.935 bits per heavy atom. The SMILES string of the molecule is CCCCCCCCCCCCc1cc(CC(C)Br)cc(CCCCCCCCCCCC)c1CCCCCCCCCCCC. The van der Waals surface area contributed by atoms with Crippen molar-refractivity contribution >= 4 is 15.9 Å². The summed E-state index contributed by atoms with van der Waals surface area (Å²) in [5, 5.41) is 0. The van der Waals surface area contributed by atoms with Crippen LogP contribution >= 0.6 is 15.9 Å². The third-order valence-electron chi connectivity index (χ3n) is 10.4. The van der Waals surface area contributed by atoms with Gasteiger partial charge in [-0.05, 0) is 67.2 Å². The molecule has 0 nitrogen and oxygen atoms in total. The first-order valence-electron chi connectivity index (χ1n) is 21.4. The number of alkyl halides is 1. The first kappa shape index (κ1) is 43.7. The molecule has 1 heteroatoms. The predicted molar refractivity (Wildman–Crippen MR) is 215 cm³/mol. The van der Waals surface area contributed by atoms with Crippen molar-refractivity contribution in [2.75, 3.05) is 0 Å². The lowest BCUT2D eigenvalue weighted by Gasteiger charge is -2.19. The molecule has 0 saturated carbocycles. The van der Waals surface area contributed by atoms with Crippen LogP contribution in [0.15, 0.2) is 12.1 Å². The van der Waals surface area contributed by atoms with E-state index in [0.717, 1.165) is 6.42 Å². The van der Waals surface area contributed by atoms with Crippen molar-refractivity contribution in [2.24, 2.45) is 0 Å². The van der Waals surface area contributed by atoms with Gasteiger partial charge in [-0.25, -0.2) is 0 Å². The maximum atomic E-state index is 3.88. The number of halogens is 1. The van der Waals surface area contributed by atoms with Gasteiger partial charge in [-0.2, -0.15) is 0 Å². The number of hydrogen-bond donors (Lipinski definition) is 0. The van der Waals surface area contributed by atoms with Crippen LogP contribution in [0.5, 0.6) is 0 Å². The molecule has 1 unspecified atom stereocenters. The zero-order valence-corrected chi connectivity index (χ0v) is 33.7. The van der Waals surface area contributed by atoms with Crippen molar-refractivity contribution in [1.29, 1.82) is 0 Å². The smallest absolute Gasteiger partial charge is 0.0157 e. The van der Waals surface area contributed by atoms with Crippen LogP contribution in [0.1, 0.15) is 243 Å². The predicted octanol–water partition coefficient (Wildman–Crippen LogP) is 16.4. The fraction of sp³-hybridized carbons (Fsp3) is 0.867. The molecule has 270 valence electrons. The van der Waals surface area contributed by atoms with Crippen LogP contribution in [0.3, 0.4) is 0 Å². The average molecular weight is 704 g/mol. The molecule has 0 aliphatic rings. The third kappa shape index (κ3) is 25.7. The third-order valence-corrected chi connectivity index (χ3v) is 10.7. The van der Waals surface area contributed by atoms with Crippen LogP contribution in [0.4, 0.5) is 0 Å². The Morgan fingerprint density at radius 1 is 0.391 bits per heavy atom. The summed E-state index contributed by atoms with van der Waals surface area (Å²) in [5.74, 6) is 0. The van der Waals surface area contributed by atoms with Gasteiger partial charge in [-0.1, -0.05) is 229 Å². The van der Waals surface area contributed by atoms with Crippen LogP contribution in [0.25, 0.3) is 0 Å². The molecule has 0 amide bonds. The Balaban J connectivity index is 2.69.